The fourth-order valence-corrected chi connectivity index (χ4v) is 1.77. The third-order valence-corrected chi connectivity index (χ3v) is 3.22. The molecule has 1 heterocycles. The van der Waals surface area contributed by atoms with Crippen molar-refractivity contribution in [2.24, 2.45) is 0 Å². The van der Waals surface area contributed by atoms with Crippen LogP contribution in [0.2, 0.25) is 0 Å². The molecule has 2 amide bonds. The molecule has 0 aromatic heterocycles. The van der Waals surface area contributed by atoms with Gasteiger partial charge < -0.3 is 10.2 Å². The lowest BCUT2D eigenvalue weighted by atomic mass is 9.94. The predicted molar refractivity (Wildman–Crippen MR) is 63.0 cm³/mol. The van der Waals surface area contributed by atoms with E-state index in [-0.39, 0.29) is 18.4 Å². The highest BCUT2D eigenvalue weighted by molar-refractivity contribution is 6.25. The quantitative estimate of drug-likeness (QED) is 0.813. The van der Waals surface area contributed by atoms with Crippen LogP contribution in [0.4, 0.5) is 0 Å². The molecule has 0 radical (unpaired) electrons. The average Bonchev–Trinajstić information content (AvgIpc) is 2.25. The second-order valence-corrected chi connectivity index (χ2v) is 4.57. The van der Waals surface area contributed by atoms with Gasteiger partial charge in [-0.05, 0) is 25.8 Å². The van der Waals surface area contributed by atoms with Crippen molar-refractivity contribution in [3.63, 3.8) is 0 Å². The number of nitrogens with zero attached hydrogens (tertiary/aromatic N) is 1. The Balaban J connectivity index is 2.86. The number of hydrogen-bond acceptors (Lipinski definition) is 2. The fraction of sp³-hybridized carbons (Fsp3) is 0.636. The molecule has 0 saturated carbocycles. The zero-order valence-corrected chi connectivity index (χ0v) is 10.6. The number of carbonyl (C=O) groups excluding carboxylic acids is 2. The summed E-state index contributed by atoms with van der Waals surface area (Å²) in [5.74, 6) is -0.168. The number of amides is 2. The van der Waals surface area contributed by atoms with Crippen LogP contribution < -0.4 is 5.32 Å². The second kappa shape index (κ2) is 4.87. The Labute approximate surface area is 101 Å². The monoisotopic (exact) mass is 244 g/mol. The molecular formula is C11H17ClN2O2. The number of rotatable bonds is 3. The fourth-order valence-electron chi connectivity index (χ4n) is 1.70. The highest BCUT2D eigenvalue weighted by Crippen LogP contribution is 2.18. The first kappa shape index (κ1) is 13.0. The van der Waals surface area contributed by atoms with E-state index in [4.69, 9.17) is 11.6 Å². The van der Waals surface area contributed by atoms with Crippen molar-refractivity contribution in [3.8, 4) is 0 Å². The molecule has 0 aromatic rings. The minimum absolute atomic E-state index is 0.0486. The van der Waals surface area contributed by atoms with Gasteiger partial charge in [0.25, 0.3) is 0 Å². The maximum Gasteiger partial charge on any atom is 0.248 e. The standard InChI is InChI=1S/C11H17ClN2O2/c1-4-11(3)10(16)14(6-8(2)5-12)7-9(15)13-11/h5H,4,6-7H2,1-3H3,(H,13,15). The van der Waals surface area contributed by atoms with E-state index in [9.17, 15) is 9.59 Å². The maximum absolute atomic E-state index is 12.1. The largest absolute Gasteiger partial charge is 0.340 e. The van der Waals surface area contributed by atoms with E-state index in [1.807, 2.05) is 13.8 Å². The predicted octanol–water partition coefficient (Wildman–Crippen LogP) is 1.26. The van der Waals surface area contributed by atoms with Gasteiger partial charge in [-0.25, -0.2) is 0 Å². The van der Waals surface area contributed by atoms with Crippen LogP contribution in [0, 0.1) is 0 Å². The molecule has 90 valence electrons. The Bertz CT molecular complexity index is 341. The molecule has 1 aliphatic heterocycles. The Morgan fingerprint density at radius 1 is 1.62 bits per heavy atom. The molecule has 0 aromatic carbocycles. The van der Waals surface area contributed by atoms with Gasteiger partial charge in [-0.2, -0.15) is 0 Å². The van der Waals surface area contributed by atoms with Crippen molar-refractivity contribution in [3.05, 3.63) is 11.1 Å². The molecule has 1 aliphatic rings. The summed E-state index contributed by atoms with van der Waals surface area (Å²) < 4.78 is 0. The first-order valence-electron chi connectivity index (χ1n) is 5.29. The highest BCUT2D eigenvalue weighted by atomic mass is 35.5. The zero-order valence-electron chi connectivity index (χ0n) is 9.84. The summed E-state index contributed by atoms with van der Waals surface area (Å²) in [6.45, 7) is 5.98. The summed E-state index contributed by atoms with van der Waals surface area (Å²) in [5.41, 5.74) is 1.52. The Hall–Kier alpha value is -1.03. The summed E-state index contributed by atoms with van der Waals surface area (Å²) >= 11 is 5.56. The lowest BCUT2D eigenvalue weighted by Gasteiger charge is -2.39. The third kappa shape index (κ3) is 2.55. The van der Waals surface area contributed by atoms with E-state index in [1.54, 1.807) is 6.92 Å². The van der Waals surface area contributed by atoms with Crippen LogP contribution in [0.15, 0.2) is 11.1 Å². The lowest BCUT2D eigenvalue weighted by Crippen LogP contribution is -2.65. The summed E-state index contributed by atoms with van der Waals surface area (Å²) in [7, 11) is 0. The first-order valence-corrected chi connectivity index (χ1v) is 5.73. The molecule has 1 N–H and O–H groups in total. The van der Waals surface area contributed by atoms with Crippen LogP contribution in [0.25, 0.3) is 0 Å². The van der Waals surface area contributed by atoms with Gasteiger partial charge in [0, 0.05) is 12.1 Å². The van der Waals surface area contributed by atoms with E-state index < -0.39 is 5.54 Å². The van der Waals surface area contributed by atoms with E-state index in [0.717, 1.165) is 5.57 Å². The SMILES string of the molecule is CCC1(C)NC(=O)CN(CC(C)=CCl)C1=O. The average molecular weight is 245 g/mol. The van der Waals surface area contributed by atoms with E-state index in [2.05, 4.69) is 5.32 Å². The Kier molecular flexibility index (Phi) is 3.97. The highest BCUT2D eigenvalue weighted by Gasteiger charge is 2.41. The van der Waals surface area contributed by atoms with E-state index in [1.165, 1.54) is 10.4 Å². The van der Waals surface area contributed by atoms with E-state index >= 15 is 0 Å². The lowest BCUT2D eigenvalue weighted by molar-refractivity contribution is -0.148. The van der Waals surface area contributed by atoms with Crippen molar-refractivity contribution in [1.29, 1.82) is 0 Å². The van der Waals surface area contributed by atoms with Crippen LogP contribution in [0.1, 0.15) is 27.2 Å². The maximum atomic E-state index is 12.1. The molecule has 4 nitrogen and oxygen atoms in total. The van der Waals surface area contributed by atoms with Gasteiger partial charge >= 0.3 is 0 Å². The molecule has 1 saturated heterocycles. The van der Waals surface area contributed by atoms with Crippen LogP contribution in [-0.2, 0) is 9.59 Å². The molecule has 16 heavy (non-hydrogen) atoms. The number of piperazine rings is 1. The van der Waals surface area contributed by atoms with Crippen LogP contribution in [0.3, 0.4) is 0 Å². The third-order valence-electron chi connectivity index (χ3n) is 2.84. The summed E-state index contributed by atoms with van der Waals surface area (Å²) in [6.07, 6.45) is 0.581. The summed E-state index contributed by atoms with van der Waals surface area (Å²) in [5, 5.41) is 2.73. The van der Waals surface area contributed by atoms with Crippen molar-refractivity contribution in [2.45, 2.75) is 32.7 Å². The number of nitrogens with one attached hydrogen (secondary N) is 1. The van der Waals surface area contributed by atoms with Gasteiger partial charge in [-0.3, -0.25) is 9.59 Å². The molecule has 0 spiro atoms. The second-order valence-electron chi connectivity index (χ2n) is 4.35. The minimum atomic E-state index is -0.776. The molecule has 5 heteroatoms. The first-order chi connectivity index (χ1) is 7.42. The van der Waals surface area contributed by atoms with Gasteiger partial charge in [0.2, 0.25) is 11.8 Å². The van der Waals surface area contributed by atoms with Gasteiger partial charge in [-0.1, -0.05) is 18.5 Å². The van der Waals surface area contributed by atoms with Gasteiger partial charge in [0.15, 0.2) is 0 Å². The number of hydrogen-bond donors (Lipinski definition) is 1. The topological polar surface area (TPSA) is 49.4 Å². The van der Waals surface area contributed by atoms with Crippen LogP contribution in [-0.4, -0.2) is 35.3 Å². The van der Waals surface area contributed by atoms with Gasteiger partial charge in [0.1, 0.15) is 5.54 Å². The van der Waals surface area contributed by atoms with Crippen molar-refractivity contribution < 1.29 is 9.59 Å². The molecule has 0 bridgehead atoms. The Morgan fingerprint density at radius 2 is 2.25 bits per heavy atom. The van der Waals surface area contributed by atoms with Crippen molar-refractivity contribution in [1.82, 2.24) is 10.2 Å². The van der Waals surface area contributed by atoms with Crippen LogP contribution in [0.5, 0.6) is 0 Å². The molecule has 1 rings (SSSR count). The van der Waals surface area contributed by atoms with Crippen LogP contribution >= 0.6 is 11.6 Å². The minimum Gasteiger partial charge on any atom is -0.340 e. The molecule has 1 atom stereocenters. The smallest absolute Gasteiger partial charge is 0.248 e. The summed E-state index contributed by atoms with van der Waals surface area (Å²) in [4.78, 5) is 25.2. The normalized spacial score (nSPS) is 27.0. The summed E-state index contributed by atoms with van der Waals surface area (Å²) in [6, 6.07) is 0. The van der Waals surface area contributed by atoms with E-state index in [0.29, 0.717) is 13.0 Å². The molecule has 1 fully saturated rings. The van der Waals surface area contributed by atoms with Crippen molar-refractivity contribution >= 4 is 23.4 Å². The number of halogens is 1. The molecule has 1 unspecified atom stereocenters. The van der Waals surface area contributed by atoms with Gasteiger partial charge in [0.05, 0.1) is 6.54 Å². The molecule has 0 aliphatic carbocycles. The Morgan fingerprint density at radius 3 is 2.75 bits per heavy atom. The van der Waals surface area contributed by atoms with Gasteiger partial charge in [-0.15, -0.1) is 0 Å². The van der Waals surface area contributed by atoms with Crippen molar-refractivity contribution in [2.75, 3.05) is 13.1 Å². The molecular weight excluding hydrogens is 228 g/mol. The zero-order chi connectivity index (χ0) is 12.3. The number of carbonyl (C=O) groups is 2.